The van der Waals surface area contributed by atoms with Crippen LogP contribution in [-0.4, -0.2) is 26.8 Å². The van der Waals surface area contributed by atoms with Crippen molar-refractivity contribution in [2.24, 2.45) is 0 Å². The third-order valence-corrected chi connectivity index (χ3v) is 2.96. The lowest BCUT2D eigenvalue weighted by Gasteiger charge is -2.10. The van der Waals surface area contributed by atoms with Gasteiger partial charge in [-0.05, 0) is 12.1 Å². The lowest BCUT2D eigenvalue weighted by Crippen LogP contribution is -2.35. The van der Waals surface area contributed by atoms with Gasteiger partial charge in [-0.1, -0.05) is 0 Å². The summed E-state index contributed by atoms with van der Waals surface area (Å²) in [5.74, 6) is 0.588. The minimum Gasteiger partial charge on any atom is -0.468 e. The van der Waals surface area contributed by atoms with E-state index in [0.717, 1.165) is 4.31 Å². The number of hydrogen-bond donors (Lipinski definition) is 1. The molecule has 1 N–H and O–H groups in total. The SMILES string of the molecule is CN(C)S(=O)(=O)NCc1ccco1. The first-order valence-corrected chi connectivity index (χ1v) is 5.16. The van der Waals surface area contributed by atoms with Gasteiger partial charge in [0.05, 0.1) is 12.8 Å². The predicted molar refractivity (Wildman–Crippen MR) is 48.2 cm³/mol. The second-order valence-corrected chi connectivity index (χ2v) is 4.66. The van der Waals surface area contributed by atoms with Crippen LogP contribution >= 0.6 is 0 Å². The summed E-state index contributed by atoms with van der Waals surface area (Å²) in [7, 11) is -0.425. The molecule has 0 fully saturated rings. The molecule has 1 rings (SSSR count). The second kappa shape index (κ2) is 3.91. The molecule has 5 nitrogen and oxygen atoms in total. The molecule has 0 saturated heterocycles. The van der Waals surface area contributed by atoms with E-state index in [-0.39, 0.29) is 6.54 Å². The highest BCUT2D eigenvalue weighted by Crippen LogP contribution is 2.00. The monoisotopic (exact) mass is 204 g/mol. The molecule has 0 amide bonds. The minimum absolute atomic E-state index is 0.174. The summed E-state index contributed by atoms with van der Waals surface area (Å²) < 4.78 is 30.8. The molecule has 0 atom stereocenters. The van der Waals surface area contributed by atoms with Crippen LogP contribution in [0.15, 0.2) is 22.8 Å². The lowest BCUT2D eigenvalue weighted by atomic mass is 10.5. The van der Waals surface area contributed by atoms with Crippen LogP contribution in [0.3, 0.4) is 0 Å². The fraction of sp³-hybridized carbons (Fsp3) is 0.429. The molecule has 0 aliphatic carbocycles. The first-order valence-electron chi connectivity index (χ1n) is 3.72. The molecule has 74 valence electrons. The molecule has 1 aromatic rings. The van der Waals surface area contributed by atoms with Gasteiger partial charge in [-0.3, -0.25) is 0 Å². The van der Waals surface area contributed by atoms with Gasteiger partial charge in [0.2, 0.25) is 0 Å². The maximum Gasteiger partial charge on any atom is 0.279 e. The van der Waals surface area contributed by atoms with Gasteiger partial charge in [0.25, 0.3) is 10.2 Å². The van der Waals surface area contributed by atoms with Crippen molar-refractivity contribution in [2.75, 3.05) is 14.1 Å². The second-order valence-electron chi connectivity index (χ2n) is 2.69. The first kappa shape index (κ1) is 10.2. The molecule has 0 radical (unpaired) electrons. The maximum atomic E-state index is 11.2. The van der Waals surface area contributed by atoms with Crippen LogP contribution in [0.25, 0.3) is 0 Å². The van der Waals surface area contributed by atoms with Crippen LogP contribution in [0.4, 0.5) is 0 Å². The highest BCUT2D eigenvalue weighted by molar-refractivity contribution is 7.87. The van der Waals surface area contributed by atoms with Crippen LogP contribution in [-0.2, 0) is 16.8 Å². The number of rotatable bonds is 4. The van der Waals surface area contributed by atoms with Gasteiger partial charge < -0.3 is 4.42 Å². The molecule has 0 aromatic carbocycles. The number of furan rings is 1. The Morgan fingerprint density at radius 1 is 1.54 bits per heavy atom. The zero-order chi connectivity index (χ0) is 9.90. The van der Waals surface area contributed by atoms with Crippen molar-refractivity contribution < 1.29 is 12.8 Å². The van der Waals surface area contributed by atoms with Crippen molar-refractivity contribution in [1.82, 2.24) is 9.03 Å². The number of hydrogen-bond acceptors (Lipinski definition) is 3. The summed E-state index contributed by atoms with van der Waals surface area (Å²) in [4.78, 5) is 0. The van der Waals surface area contributed by atoms with E-state index in [1.54, 1.807) is 12.1 Å². The van der Waals surface area contributed by atoms with Gasteiger partial charge in [0.15, 0.2) is 0 Å². The normalized spacial score (nSPS) is 12.2. The lowest BCUT2D eigenvalue weighted by molar-refractivity contribution is 0.478. The van der Waals surface area contributed by atoms with Crippen molar-refractivity contribution >= 4 is 10.2 Å². The van der Waals surface area contributed by atoms with Gasteiger partial charge in [-0.2, -0.15) is 17.4 Å². The van der Waals surface area contributed by atoms with Crippen molar-refractivity contribution in [3.63, 3.8) is 0 Å². The molecule has 1 aromatic heterocycles. The molecule has 13 heavy (non-hydrogen) atoms. The zero-order valence-corrected chi connectivity index (χ0v) is 8.34. The molecule has 6 heteroatoms. The molecule has 0 bridgehead atoms. The van der Waals surface area contributed by atoms with Crippen molar-refractivity contribution in [2.45, 2.75) is 6.54 Å². The van der Waals surface area contributed by atoms with Gasteiger partial charge in [-0.15, -0.1) is 0 Å². The minimum atomic E-state index is -3.35. The van der Waals surface area contributed by atoms with Crippen LogP contribution in [0.5, 0.6) is 0 Å². The summed E-state index contributed by atoms with van der Waals surface area (Å²) >= 11 is 0. The third kappa shape index (κ3) is 2.83. The summed E-state index contributed by atoms with van der Waals surface area (Å²) in [6, 6.07) is 3.41. The van der Waals surface area contributed by atoms with E-state index in [4.69, 9.17) is 4.42 Å². The topological polar surface area (TPSA) is 62.6 Å². The van der Waals surface area contributed by atoms with Gasteiger partial charge in [0.1, 0.15) is 5.76 Å². The van der Waals surface area contributed by atoms with Crippen molar-refractivity contribution in [3.8, 4) is 0 Å². The van der Waals surface area contributed by atoms with E-state index >= 15 is 0 Å². The van der Waals surface area contributed by atoms with Crippen molar-refractivity contribution in [3.05, 3.63) is 24.2 Å². The van der Waals surface area contributed by atoms with Crippen LogP contribution in [0.1, 0.15) is 5.76 Å². The summed E-state index contributed by atoms with van der Waals surface area (Å²) in [6.45, 7) is 0.174. The average Bonchev–Trinajstić information content (AvgIpc) is 2.52. The standard InChI is InChI=1S/C7H12N2O3S/c1-9(2)13(10,11)8-6-7-4-3-5-12-7/h3-5,8H,6H2,1-2H3. The average molecular weight is 204 g/mol. The third-order valence-electron chi connectivity index (χ3n) is 1.49. The summed E-state index contributed by atoms with van der Waals surface area (Å²) in [5.41, 5.74) is 0. The molecule has 0 unspecified atom stereocenters. The van der Waals surface area contributed by atoms with E-state index < -0.39 is 10.2 Å². The Morgan fingerprint density at radius 2 is 2.23 bits per heavy atom. The summed E-state index contributed by atoms with van der Waals surface area (Å²) in [5, 5.41) is 0. The Labute approximate surface area is 77.5 Å². The maximum absolute atomic E-state index is 11.2. The largest absolute Gasteiger partial charge is 0.468 e. The fourth-order valence-corrected chi connectivity index (χ4v) is 1.29. The first-order chi connectivity index (χ1) is 6.02. The Bertz CT molecular complexity index is 342. The molecule has 0 aliphatic heterocycles. The smallest absolute Gasteiger partial charge is 0.279 e. The van der Waals surface area contributed by atoms with Gasteiger partial charge in [-0.25, -0.2) is 0 Å². The molecular formula is C7H12N2O3S. The molecule has 0 saturated carbocycles. The van der Waals surface area contributed by atoms with Crippen LogP contribution < -0.4 is 4.72 Å². The van der Waals surface area contributed by atoms with Gasteiger partial charge in [0, 0.05) is 14.1 Å². The molecule has 0 aliphatic rings. The predicted octanol–water partition coefficient (Wildman–Crippen LogP) is 0.176. The Kier molecular flexibility index (Phi) is 3.07. The Balaban J connectivity index is 2.53. The van der Waals surface area contributed by atoms with E-state index in [1.165, 1.54) is 20.4 Å². The van der Waals surface area contributed by atoms with Gasteiger partial charge >= 0.3 is 0 Å². The Morgan fingerprint density at radius 3 is 2.69 bits per heavy atom. The Hall–Kier alpha value is -0.850. The van der Waals surface area contributed by atoms with Crippen LogP contribution in [0, 0.1) is 0 Å². The molecule has 1 heterocycles. The molecule has 0 spiro atoms. The van der Waals surface area contributed by atoms with E-state index in [2.05, 4.69) is 4.72 Å². The van der Waals surface area contributed by atoms with Crippen LogP contribution in [0.2, 0.25) is 0 Å². The van der Waals surface area contributed by atoms with E-state index in [0.29, 0.717) is 5.76 Å². The van der Waals surface area contributed by atoms with E-state index in [1.807, 2.05) is 0 Å². The molecular weight excluding hydrogens is 192 g/mol. The quantitative estimate of drug-likeness (QED) is 0.760. The summed E-state index contributed by atoms with van der Waals surface area (Å²) in [6.07, 6.45) is 1.50. The number of nitrogens with zero attached hydrogens (tertiary/aromatic N) is 1. The highest BCUT2D eigenvalue weighted by Gasteiger charge is 2.12. The highest BCUT2D eigenvalue weighted by atomic mass is 32.2. The van der Waals surface area contributed by atoms with Crippen molar-refractivity contribution in [1.29, 1.82) is 0 Å². The zero-order valence-electron chi connectivity index (χ0n) is 7.52. The number of nitrogens with one attached hydrogen (secondary N) is 1. The van der Waals surface area contributed by atoms with E-state index in [9.17, 15) is 8.42 Å². The fourth-order valence-electron chi connectivity index (χ4n) is 0.705.